The van der Waals surface area contributed by atoms with Crippen LogP contribution in [0.25, 0.3) is 0 Å². The van der Waals surface area contributed by atoms with Crippen molar-refractivity contribution in [1.29, 1.82) is 0 Å². The van der Waals surface area contributed by atoms with Crippen LogP contribution in [0.15, 0.2) is 63.3 Å². The molecule has 0 heteroatoms. The molecule has 0 aromatic heterocycles. The maximum Gasteiger partial charge on any atom is -0.00942 e. The maximum atomic E-state index is 3.94. The third-order valence-corrected chi connectivity index (χ3v) is 4.10. The van der Waals surface area contributed by atoms with E-state index in [4.69, 9.17) is 0 Å². The van der Waals surface area contributed by atoms with Crippen molar-refractivity contribution >= 4 is 0 Å². The van der Waals surface area contributed by atoms with E-state index in [1.54, 1.807) is 0 Å². The third-order valence-electron chi connectivity index (χ3n) is 4.10. The second-order valence-electron chi connectivity index (χ2n) is 5.48. The number of rotatable bonds is 10. The van der Waals surface area contributed by atoms with Gasteiger partial charge < -0.3 is 0 Å². The predicted molar refractivity (Wildman–Crippen MR) is 101 cm³/mol. The zero-order valence-electron chi connectivity index (χ0n) is 14.0. The molecule has 0 unspecified atom stereocenters. The zero-order chi connectivity index (χ0) is 16.5. The molecule has 0 nitrogen and oxygen atoms in total. The summed E-state index contributed by atoms with van der Waals surface area (Å²) in [5, 5.41) is 0. The van der Waals surface area contributed by atoms with E-state index in [-0.39, 0.29) is 0 Å². The average Bonchev–Trinajstić information content (AvgIpc) is 2.51. The molecule has 0 aliphatic carbocycles. The van der Waals surface area contributed by atoms with Gasteiger partial charge in [0.2, 0.25) is 0 Å². The minimum Gasteiger partial charge on any atom is -0.103 e. The van der Waals surface area contributed by atoms with Gasteiger partial charge in [0, 0.05) is 0 Å². The minimum atomic E-state index is 0.876. The monoisotopic (exact) mass is 292 g/mol. The number of benzene rings is 1. The fourth-order valence-corrected chi connectivity index (χ4v) is 3.19. The van der Waals surface area contributed by atoms with E-state index in [0.29, 0.717) is 0 Å². The molecule has 0 aliphatic rings. The Morgan fingerprint density at radius 2 is 0.727 bits per heavy atom. The Morgan fingerprint density at radius 3 is 1.00 bits per heavy atom. The second-order valence-corrected chi connectivity index (χ2v) is 5.48. The van der Waals surface area contributed by atoms with Crippen molar-refractivity contribution in [2.24, 2.45) is 0 Å². The summed E-state index contributed by atoms with van der Waals surface area (Å²) >= 11 is 0. The van der Waals surface area contributed by atoms with E-state index in [2.05, 4.69) is 39.8 Å². The molecular weight excluding hydrogens is 264 g/mol. The van der Waals surface area contributed by atoms with Gasteiger partial charge in [0.25, 0.3) is 0 Å². The lowest BCUT2D eigenvalue weighted by Crippen LogP contribution is -2.11. The van der Waals surface area contributed by atoms with Crippen molar-refractivity contribution < 1.29 is 0 Å². The SMILES string of the molecule is C=CCc1c(C)c(CC=C)c(CC=C)c(CC=C)c1CC=C. The van der Waals surface area contributed by atoms with Gasteiger partial charge in [0.15, 0.2) is 0 Å². The first-order chi connectivity index (χ1) is 10.7. The van der Waals surface area contributed by atoms with Gasteiger partial charge in [-0.25, -0.2) is 0 Å². The molecule has 0 radical (unpaired) electrons. The molecule has 116 valence electrons. The molecule has 1 aromatic rings. The Balaban J connectivity index is 3.80. The number of allylic oxidation sites excluding steroid dienone is 5. The molecule has 0 amide bonds. The number of hydrogen-bond acceptors (Lipinski definition) is 0. The van der Waals surface area contributed by atoms with Gasteiger partial charge in [-0.05, 0) is 72.4 Å². The molecular formula is C22H28. The van der Waals surface area contributed by atoms with Gasteiger partial charge in [-0.3, -0.25) is 0 Å². The fraction of sp³-hybridized carbons (Fsp3) is 0.273. The highest BCUT2D eigenvalue weighted by Crippen LogP contribution is 2.31. The van der Waals surface area contributed by atoms with E-state index >= 15 is 0 Å². The molecule has 0 saturated heterocycles. The minimum absolute atomic E-state index is 0.876. The van der Waals surface area contributed by atoms with Crippen LogP contribution < -0.4 is 0 Å². The van der Waals surface area contributed by atoms with Crippen molar-refractivity contribution in [3.05, 3.63) is 96.7 Å². The molecule has 0 spiro atoms. The molecule has 0 heterocycles. The third kappa shape index (κ3) is 3.76. The summed E-state index contributed by atoms with van der Waals surface area (Å²) in [6.07, 6.45) is 14.3. The number of hydrogen-bond donors (Lipinski definition) is 0. The van der Waals surface area contributed by atoms with Crippen molar-refractivity contribution in [3.63, 3.8) is 0 Å². The highest BCUT2D eigenvalue weighted by Gasteiger charge is 2.18. The molecule has 0 fully saturated rings. The first-order valence-electron chi connectivity index (χ1n) is 7.85. The quantitative estimate of drug-likeness (QED) is 0.490. The Bertz CT molecular complexity index is 540. The first-order valence-corrected chi connectivity index (χ1v) is 7.85. The smallest absolute Gasteiger partial charge is 0.00942 e. The van der Waals surface area contributed by atoms with Gasteiger partial charge in [-0.2, -0.15) is 0 Å². The van der Waals surface area contributed by atoms with Crippen LogP contribution in [0, 0.1) is 6.92 Å². The molecule has 0 atom stereocenters. The Morgan fingerprint density at radius 1 is 0.500 bits per heavy atom. The largest absolute Gasteiger partial charge is 0.103 e. The zero-order valence-corrected chi connectivity index (χ0v) is 14.0. The van der Waals surface area contributed by atoms with E-state index in [1.165, 1.54) is 33.4 Å². The van der Waals surface area contributed by atoms with Crippen LogP contribution in [0.4, 0.5) is 0 Å². The van der Waals surface area contributed by atoms with Gasteiger partial charge in [-0.15, -0.1) is 32.9 Å². The van der Waals surface area contributed by atoms with E-state index in [9.17, 15) is 0 Å². The fourth-order valence-electron chi connectivity index (χ4n) is 3.19. The van der Waals surface area contributed by atoms with E-state index < -0.39 is 0 Å². The van der Waals surface area contributed by atoms with Crippen molar-refractivity contribution in [2.75, 3.05) is 0 Å². The maximum absolute atomic E-state index is 3.94. The lowest BCUT2D eigenvalue weighted by molar-refractivity contribution is 0.985. The normalized spacial score (nSPS) is 10.0. The summed E-state index contributed by atoms with van der Waals surface area (Å²) in [4.78, 5) is 0. The highest BCUT2D eigenvalue weighted by atomic mass is 14.2. The van der Waals surface area contributed by atoms with Crippen LogP contribution in [0.5, 0.6) is 0 Å². The lowest BCUT2D eigenvalue weighted by Gasteiger charge is -2.24. The summed E-state index contributed by atoms with van der Waals surface area (Å²) in [6, 6.07) is 0. The molecule has 0 N–H and O–H groups in total. The summed E-state index contributed by atoms with van der Waals surface area (Å²) in [6.45, 7) is 21.9. The van der Waals surface area contributed by atoms with Gasteiger partial charge >= 0.3 is 0 Å². The first kappa shape index (κ1) is 18.0. The summed E-state index contributed by atoms with van der Waals surface area (Å²) < 4.78 is 0. The van der Waals surface area contributed by atoms with Gasteiger partial charge in [-0.1, -0.05) is 30.4 Å². The highest BCUT2D eigenvalue weighted by molar-refractivity contribution is 5.54. The topological polar surface area (TPSA) is 0 Å². The standard InChI is InChI=1S/C22H28/c1-7-12-18-17(6)19(13-8-2)21(15-10-4)22(16-11-5)20(18)14-9-3/h7-11H,1-5,12-16H2,6H3. The van der Waals surface area contributed by atoms with Crippen LogP contribution in [-0.4, -0.2) is 0 Å². The molecule has 0 aliphatic heterocycles. The Kier molecular flexibility index (Phi) is 7.39. The van der Waals surface area contributed by atoms with Crippen LogP contribution in [0.1, 0.15) is 33.4 Å². The lowest BCUT2D eigenvalue weighted by atomic mass is 9.81. The van der Waals surface area contributed by atoms with Crippen molar-refractivity contribution in [1.82, 2.24) is 0 Å². The van der Waals surface area contributed by atoms with Crippen molar-refractivity contribution in [3.8, 4) is 0 Å². The van der Waals surface area contributed by atoms with Crippen LogP contribution in [-0.2, 0) is 32.1 Å². The van der Waals surface area contributed by atoms with Crippen LogP contribution >= 0.6 is 0 Å². The van der Waals surface area contributed by atoms with E-state index in [0.717, 1.165) is 32.1 Å². The molecule has 0 bridgehead atoms. The van der Waals surface area contributed by atoms with Crippen LogP contribution in [0.2, 0.25) is 0 Å². The van der Waals surface area contributed by atoms with Crippen molar-refractivity contribution in [2.45, 2.75) is 39.0 Å². The Labute approximate surface area is 136 Å². The van der Waals surface area contributed by atoms with Crippen LogP contribution in [0.3, 0.4) is 0 Å². The molecule has 1 aromatic carbocycles. The van der Waals surface area contributed by atoms with E-state index in [1.807, 2.05) is 30.4 Å². The second kappa shape index (κ2) is 9.04. The summed E-state index contributed by atoms with van der Waals surface area (Å²) in [5.74, 6) is 0. The molecule has 0 saturated carbocycles. The predicted octanol–water partition coefficient (Wildman–Crippen LogP) is 5.64. The summed E-state index contributed by atoms with van der Waals surface area (Å²) in [7, 11) is 0. The Hall–Kier alpha value is -2.08. The molecule has 1 rings (SSSR count). The molecule has 22 heavy (non-hydrogen) atoms. The van der Waals surface area contributed by atoms with Gasteiger partial charge in [0.05, 0.1) is 0 Å². The summed E-state index contributed by atoms with van der Waals surface area (Å²) in [5.41, 5.74) is 8.29. The average molecular weight is 292 g/mol. The van der Waals surface area contributed by atoms with Gasteiger partial charge in [0.1, 0.15) is 0 Å².